The molecule has 8 heteroatoms. The highest BCUT2D eigenvalue weighted by Gasteiger charge is 2.14. The molecule has 0 fully saturated rings. The van der Waals surface area contributed by atoms with Crippen molar-refractivity contribution in [3.05, 3.63) is 100 Å². The van der Waals surface area contributed by atoms with Crippen LogP contribution in [0.5, 0.6) is 17.2 Å². The SMILES string of the molecule is O=C(Nc1cccc(COc2ccc3c(c2)OCO3)c1)c1cccc(NC(=O)c2cccs2)c1. The van der Waals surface area contributed by atoms with Gasteiger partial charge < -0.3 is 24.8 Å². The zero-order valence-electron chi connectivity index (χ0n) is 17.9. The number of carbonyl (C=O) groups excluding carboxylic acids is 2. The number of nitrogens with one attached hydrogen (secondary N) is 2. The summed E-state index contributed by atoms with van der Waals surface area (Å²) in [6.45, 7) is 0.540. The Kier molecular flexibility index (Phi) is 6.13. The number of carbonyl (C=O) groups is 2. The van der Waals surface area contributed by atoms with Crippen molar-refractivity contribution in [2.24, 2.45) is 0 Å². The highest BCUT2D eigenvalue weighted by atomic mass is 32.1. The monoisotopic (exact) mass is 472 g/mol. The minimum Gasteiger partial charge on any atom is -0.489 e. The van der Waals surface area contributed by atoms with Crippen LogP contribution in [-0.4, -0.2) is 18.6 Å². The average molecular weight is 473 g/mol. The number of hydrogen-bond acceptors (Lipinski definition) is 6. The molecule has 3 aromatic carbocycles. The molecule has 0 spiro atoms. The fraction of sp³-hybridized carbons (Fsp3) is 0.0769. The summed E-state index contributed by atoms with van der Waals surface area (Å²) in [7, 11) is 0. The maximum Gasteiger partial charge on any atom is 0.265 e. The summed E-state index contributed by atoms with van der Waals surface area (Å²) < 4.78 is 16.5. The van der Waals surface area contributed by atoms with Crippen LogP contribution in [0.2, 0.25) is 0 Å². The quantitative estimate of drug-likeness (QED) is 0.368. The normalized spacial score (nSPS) is 11.6. The van der Waals surface area contributed by atoms with Gasteiger partial charge in [-0.1, -0.05) is 24.3 Å². The van der Waals surface area contributed by atoms with Crippen LogP contribution >= 0.6 is 11.3 Å². The van der Waals surface area contributed by atoms with Gasteiger partial charge in [0.1, 0.15) is 12.4 Å². The Labute approximate surface area is 199 Å². The molecule has 5 rings (SSSR count). The van der Waals surface area contributed by atoms with Crippen LogP contribution < -0.4 is 24.8 Å². The highest BCUT2D eigenvalue weighted by molar-refractivity contribution is 7.12. The van der Waals surface area contributed by atoms with Crippen LogP contribution in [0.3, 0.4) is 0 Å². The Morgan fingerprint density at radius 3 is 2.47 bits per heavy atom. The molecule has 1 aliphatic rings. The topological polar surface area (TPSA) is 85.9 Å². The molecule has 1 aliphatic heterocycles. The number of thiophene rings is 1. The molecule has 0 saturated heterocycles. The number of ether oxygens (including phenoxy) is 3. The van der Waals surface area contributed by atoms with Gasteiger partial charge >= 0.3 is 0 Å². The molecule has 4 aromatic rings. The summed E-state index contributed by atoms with van der Waals surface area (Å²) >= 11 is 1.36. The number of benzene rings is 3. The second kappa shape index (κ2) is 9.68. The van der Waals surface area contributed by atoms with E-state index in [1.54, 1.807) is 36.4 Å². The van der Waals surface area contributed by atoms with E-state index < -0.39 is 0 Å². The van der Waals surface area contributed by atoms with Crippen LogP contribution in [0.1, 0.15) is 25.6 Å². The van der Waals surface area contributed by atoms with Gasteiger partial charge in [0.15, 0.2) is 11.5 Å². The third kappa shape index (κ3) is 5.02. The van der Waals surface area contributed by atoms with E-state index >= 15 is 0 Å². The zero-order chi connectivity index (χ0) is 23.3. The standard InChI is InChI=1S/C26H20N2O5S/c29-25(18-5-2-7-20(13-18)28-26(30)24-8-3-11-34-24)27-19-6-1-4-17(12-19)15-31-21-9-10-22-23(14-21)33-16-32-22/h1-14H,15-16H2,(H,27,29)(H,28,30). The molecule has 0 aliphatic carbocycles. The second-order valence-corrected chi connectivity index (χ2v) is 8.42. The second-order valence-electron chi connectivity index (χ2n) is 7.47. The third-order valence-electron chi connectivity index (χ3n) is 5.06. The van der Waals surface area contributed by atoms with Crippen LogP contribution in [0.15, 0.2) is 84.2 Å². The first kappa shape index (κ1) is 21.5. The van der Waals surface area contributed by atoms with Crippen LogP contribution in [0, 0.1) is 0 Å². The fourth-order valence-corrected chi connectivity index (χ4v) is 4.03. The lowest BCUT2D eigenvalue weighted by Gasteiger charge is -2.10. The summed E-state index contributed by atoms with van der Waals surface area (Å²) in [4.78, 5) is 25.7. The number of fused-ring (bicyclic) bond motifs is 1. The Morgan fingerprint density at radius 1 is 0.824 bits per heavy atom. The molecular formula is C26H20N2O5S. The molecule has 0 bridgehead atoms. The van der Waals surface area contributed by atoms with Crippen molar-refractivity contribution in [1.82, 2.24) is 0 Å². The molecule has 170 valence electrons. The van der Waals surface area contributed by atoms with Crippen LogP contribution in [0.4, 0.5) is 11.4 Å². The molecule has 0 saturated carbocycles. The summed E-state index contributed by atoms with van der Waals surface area (Å²) in [5.41, 5.74) is 2.53. The Morgan fingerprint density at radius 2 is 1.62 bits per heavy atom. The van der Waals surface area contributed by atoms with Gasteiger partial charge in [0.2, 0.25) is 6.79 Å². The Bertz CT molecular complexity index is 1340. The van der Waals surface area contributed by atoms with Gasteiger partial charge in [-0.15, -0.1) is 11.3 Å². The lowest BCUT2D eigenvalue weighted by Crippen LogP contribution is -2.14. The molecule has 1 aromatic heterocycles. The van der Waals surface area contributed by atoms with Crippen LogP contribution in [-0.2, 0) is 6.61 Å². The maximum atomic E-state index is 12.8. The highest BCUT2D eigenvalue weighted by Crippen LogP contribution is 2.35. The summed E-state index contributed by atoms with van der Waals surface area (Å²) in [6.07, 6.45) is 0. The predicted molar refractivity (Wildman–Crippen MR) is 130 cm³/mol. The predicted octanol–water partition coefficient (Wildman–Crippen LogP) is 5.56. The van der Waals surface area contributed by atoms with E-state index in [0.29, 0.717) is 45.7 Å². The molecule has 2 amide bonds. The maximum absolute atomic E-state index is 12.8. The summed E-state index contributed by atoms with van der Waals surface area (Å²) in [6, 6.07) is 23.2. The average Bonchev–Trinajstić information content (AvgIpc) is 3.55. The molecule has 0 unspecified atom stereocenters. The van der Waals surface area contributed by atoms with Crippen molar-refractivity contribution in [1.29, 1.82) is 0 Å². The minimum absolute atomic E-state index is 0.206. The van der Waals surface area contributed by atoms with Gasteiger partial charge in [-0.2, -0.15) is 0 Å². The number of hydrogen-bond donors (Lipinski definition) is 2. The van der Waals surface area contributed by atoms with E-state index in [0.717, 1.165) is 5.56 Å². The van der Waals surface area contributed by atoms with Gasteiger partial charge in [0, 0.05) is 23.0 Å². The summed E-state index contributed by atoms with van der Waals surface area (Å²) in [5, 5.41) is 7.56. The van der Waals surface area contributed by atoms with E-state index in [4.69, 9.17) is 14.2 Å². The summed E-state index contributed by atoms with van der Waals surface area (Å²) in [5.74, 6) is 1.54. The van der Waals surface area contributed by atoms with Gasteiger partial charge in [0.05, 0.1) is 4.88 Å². The van der Waals surface area contributed by atoms with Crippen molar-refractivity contribution < 1.29 is 23.8 Å². The van der Waals surface area contributed by atoms with Crippen molar-refractivity contribution in [2.75, 3.05) is 17.4 Å². The third-order valence-corrected chi connectivity index (χ3v) is 5.93. The molecule has 34 heavy (non-hydrogen) atoms. The van der Waals surface area contributed by atoms with Crippen molar-refractivity contribution >= 4 is 34.5 Å². The van der Waals surface area contributed by atoms with Crippen molar-refractivity contribution in [3.63, 3.8) is 0 Å². The molecule has 2 heterocycles. The number of rotatable bonds is 7. The largest absolute Gasteiger partial charge is 0.489 e. The Balaban J connectivity index is 1.21. The van der Waals surface area contributed by atoms with Gasteiger partial charge in [-0.25, -0.2) is 0 Å². The first-order valence-corrected chi connectivity index (χ1v) is 11.4. The number of amides is 2. The fourth-order valence-electron chi connectivity index (χ4n) is 3.41. The Hall–Kier alpha value is -4.30. The number of anilines is 2. The zero-order valence-corrected chi connectivity index (χ0v) is 18.8. The van der Waals surface area contributed by atoms with E-state index in [1.165, 1.54) is 11.3 Å². The van der Waals surface area contributed by atoms with Gasteiger partial charge in [-0.3, -0.25) is 9.59 Å². The lowest BCUT2D eigenvalue weighted by molar-refractivity contribution is 0.101. The van der Waals surface area contributed by atoms with Crippen molar-refractivity contribution in [3.8, 4) is 17.2 Å². The first-order chi connectivity index (χ1) is 16.6. The molecular weight excluding hydrogens is 452 g/mol. The van der Waals surface area contributed by atoms with E-state index in [-0.39, 0.29) is 18.6 Å². The van der Waals surface area contributed by atoms with E-state index in [1.807, 2.05) is 47.8 Å². The van der Waals surface area contributed by atoms with E-state index in [2.05, 4.69) is 10.6 Å². The minimum atomic E-state index is -0.277. The van der Waals surface area contributed by atoms with Gasteiger partial charge in [-0.05, 0) is 59.5 Å². The first-order valence-electron chi connectivity index (χ1n) is 10.5. The van der Waals surface area contributed by atoms with E-state index in [9.17, 15) is 9.59 Å². The molecule has 0 atom stereocenters. The van der Waals surface area contributed by atoms with Gasteiger partial charge in [0.25, 0.3) is 11.8 Å². The lowest BCUT2D eigenvalue weighted by atomic mass is 10.1. The smallest absolute Gasteiger partial charge is 0.265 e. The molecule has 2 N–H and O–H groups in total. The molecule has 7 nitrogen and oxygen atoms in total. The van der Waals surface area contributed by atoms with Crippen LogP contribution in [0.25, 0.3) is 0 Å². The molecule has 0 radical (unpaired) electrons. The van der Waals surface area contributed by atoms with Crippen molar-refractivity contribution in [2.45, 2.75) is 6.61 Å².